The predicted molar refractivity (Wildman–Crippen MR) is 168 cm³/mol. The fourth-order valence-corrected chi connectivity index (χ4v) is 5.56. The Morgan fingerprint density at radius 3 is 2.52 bits per heavy atom. The molecule has 2 unspecified atom stereocenters. The largest absolute Gasteiger partial charge is 0.495 e. The summed E-state index contributed by atoms with van der Waals surface area (Å²) < 4.78 is 18.9. The topological polar surface area (TPSA) is 110 Å². The highest BCUT2D eigenvalue weighted by Crippen LogP contribution is 2.31. The molecule has 1 aliphatic heterocycles. The number of urea groups is 1. The SMILES string of the molecule is COc1ccc(CN(C)C)cc1NC(=O)C(NC(=O)N1CCN(c2ccc(F)cc2)C(=O)C1)C(C)c1c[nH]c2ccccc12. The molecule has 4 aromatic rings. The van der Waals surface area contributed by atoms with Crippen molar-refractivity contribution in [3.63, 3.8) is 0 Å². The second-order valence-corrected chi connectivity index (χ2v) is 11.2. The second kappa shape index (κ2) is 13.2. The van der Waals surface area contributed by atoms with Gasteiger partial charge in [0.15, 0.2) is 0 Å². The van der Waals surface area contributed by atoms with Gasteiger partial charge in [-0.15, -0.1) is 0 Å². The van der Waals surface area contributed by atoms with Crippen molar-refractivity contribution in [2.45, 2.75) is 25.4 Å². The van der Waals surface area contributed by atoms with Crippen molar-refractivity contribution in [3.8, 4) is 5.75 Å². The third-order valence-electron chi connectivity index (χ3n) is 7.84. The fourth-order valence-electron chi connectivity index (χ4n) is 5.56. The molecular formula is C33H37FN6O4. The highest BCUT2D eigenvalue weighted by molar-refractivity contribution is 6.01. The lowest BCUT2D eigenvalue weighted by molar-refractivity contribution is -0.120. The lowest BCUT2D eigenvalue weighted by Crippen LogP contribution is -2.58. The quantitative estimate of drug-likeness (QED) is 0.261. The number of piperazine rings is 1. The van der Waals surface area contributed by atoms with Crippen LogP contribution in [0, 0.1) is 5.82 Å². The van der Waals surface area contributed by atoms with Gasteiger partial charge < -0.3 is 35.1 Å². The van der Waals surface area contributed by atoms with Crippen molar-refractivity contribution >= 4 is 40.1 Å². The van der Waals surface area contributed by atoms with E-state index in [4.69, 9.17) is 4.74 Å². The molecule has 44 heavy (non-hydrogen) atoms. The van der Waals surface area contributed by atoms with E-state index in [-0.39, 0.29) is 25.5 Å². The van der Waals surface area contributed by atoms with Gasteiger partial charge in [0.2, 0.25) is 11.8 Å². The molecule has 1 aliphatic rings. The zero-order valence-corrected chi connectivity index (χ0v) is 25.3. The molecule has 3 aromatic carbocycles. The molecule has 0 bridgehead atoms. The summed E-state index contributed by atoms with van der Waals surface area (Å²) in [6, 6.07) is 17.5. The van der Waals surface area contributed by atoms with Crippen LogP contribution in [0.15, 0.2) is 72.9 Å². The van der Waals surface area contributed by atoms with E-state index in [0.717, 1.165) is 22.0 Å². The molecule has 11 heteroatoms. The average molecular weight is 601 g/mol. The Morgan fingerprint density at radius 2 is 1.82 bits per heavy atom. The number of rotatable bonds is 9. The van der Waals surface area contributed by atoms with Gasteiger partial charge in [-0.05, 0) is 67.7 Å². The summed E-state index contributed by atoms with van der Waals surface area (Å²) in [4.78, 5) is 48.8. The van der Waals surface area contributed by atoms with E-state index in [9.17, 15) is 18.8 Å². The number of methoxy groups -OCH3 is 1. The van der Waals surface area contributed by atoms with Crippen molar-refractivity contribution in [3.05, 3.63) is 89.9 Å². The van der Waals surface area contributed by atoms with Crippen LogP contribution < -0.4 is 20.3 Å². The van der Waals surface area contributed by atoms with E-state index in [0.29, 0.717) is 23.7 Å². The summed E-state index contributed by atoms with van der Waals surface area (Å²) in [5.74, 6) is -1.07. The number of ether oxygens (including phenoxy) is 1. The number of anilines is 2. The number of hydrogen-bond donors (Lipinski definition) is 3. The number of aromatic nitrogens is 1. The minimum Gasteiger partial charge on any atom is -0.495 e. The Hall–Kier alpha value is -4.90. The zero-order valence-electron chi connectivity index (χ0n) is 25.3. The van der Waals surface area contributed by atoms with E-state index in [2.05, 4.69) is 15.6 Å². The van der Waals surface area contributed by atoms with Gasteiger partial charge in [-0.2, -0.15) is 0 Å². The normalized spacial score (nSPS) is 14.9. The Balaban J connectivity index is 1.39. The van der Waals surface area contributed by atoms with Crippen LogP contribution in [0.2, 0.25) is 0 Å². The fraction of sp³-hybridized carbons (Fsp3) is 0.303. The summed E-state index contributed by atoms with van der Waals surface area (Å²) in [5, 5.41) is 6.85. The van der Waals surface area contributed by atoms with Crippen LogP contribution in [0.1, 0.15) is 24.0 Å². The average Bonchev–Trinajstić information content (AvgIpc) is 3.44. The lowest BCUT2D eigenvalue weighted by atomic mass is 9.92. The lowest BCUT2D eigenvalue weighted by Gasteiger charge is -2.35. The number of nitrogens with zero attached hydrogens (tertiary/aromatic N) is 3. The van der Waals surface area contributed by atoms with Gasteiger partial charge in [0.05, 0.1) is 12.8 Å². The number of halogens is 1. The van der Waals surface area contributed by atoms with Gasteiger partial charge >= 0.3 is 6.03 Å². The molecular weight excluding hydrogens is 563 g/mol. The van der Waals surface area contributed by atoms with Gasteiger partial charge in [0.1, 0.15) is 24.2 Å². The van der Waals surface area contributed by atoms with Crippen molar-refractivity contribution in [1.29, 1.82) is 0 Å². The van der Waals surface area contributed by atoms with Crippen molar-refractivity contribution in [2.24, 2.45) is 0 Å². The van der Waals surface area contributed by atoms with E-state index in [1.807, 2.05) is 68.5 Å². The molecule has 1 aromatic heterocycles. The number of carbonyl (C=O) groups excluding carboxylic acids is 3. The van der Waals surface area contributed by atoms with Crippen molar-refractivity contribution in [1.82, 2.24) is 20.1 Å². The molecule has 1 saturated heterocycles. The number of fused-ring (bicyclic) bond motifs is 1. The highest BCUT2D eigenvalue weighted by atomic mass is 19.1. The number of aromatic amines is 1. The standard InChI is InChI=1S/C33H37FN6O4/c1-21(26-18-35-27-8-6-5-7-25(26)27)31(32(42)36-28-17-22(19-38(2)3)9-14-29(28)44-4)37-33(43)39-15-16-40(30(41)20-39)24-12-10-23(34)11-13-24/h5-14,17-18,21,31,35H,15-16,19-20H2,1-4H3,(H,36,42)(H,37,43). The van der Waals surface area contributed by atoms with Crippen LogP contribution in [-0.4, -0.2) is 79.5 Å². The van der Waals surface area contributed by atoms with E-state index in [1.165, 1.54) is 41.2 Å². The molecule has 5 rings (SSSR count). The Morgan fingerprint density at radius 1 is 1.07 bits per heavy atom. The van der Waals surface area contributed by atoms with Gasteiger partial charge in [0.25, 0.3) is 0 Å². The van der Waals surface area contributed by atoms with Gasteiger partial charge in [-0.1, -0.05) is 31.2 Å². The predicted octanol–water partition coefficient (Wildman–Crippen LogP) is 4.55. The summed E-state index contributed by atoms with van der Waals surface area (Å²) in [6.07, 6.45) is 1.85. The van der Waals surface area contributed by atoms with Crippen molar-refractivity contribution in [2.75, 3.05) is 51.1 Å². The minimum absolute atomic E-state index is 0.181. The molecule has 2 heterocycles. The first-order chi connectivity index (χ1) is 21.1. The molecule has 0 saturated carbocycles. The first-order valence-electron chi connectivity index (χ1n) is 14.4. The highest BCUT2D eigenvalue weighted by Gasteiger charge is 2.34. The number of para-hydroxylation sites is 1. The number of nitrogens with one attached hydrogen (secondary N) is 3. The summed E-state index contributed by atoms with van der Waals surface area (Å²) in [6.45, 7) is 2.85. The molecule has 4 amide bonds. The van der Waals surface area contributed by atoms with Gasteiger partial charge in [-0.25, -0.2) is 9.18 Å². The smallest absolute Gasteiger partial charge is 0.318 e. The minimum atomic E-state index is -0.992. The van der Waals surface area contributed by atoms with Gasteiger partial charge in [0, 0.05) is 48.3 Å². The maximum Gasteiger partial charge on any atom is 0.318 e. The molecule has 0 radical (unpaired) electrons. The third-order valence-corrected chi connectivity index (χ3v) is 7.84. The van der Waals surface area contributed by atoms with Crippen LogP contribution in [0.4, 0.5) is 20.6 Å². The number of benzene rings is 3. The number of hydrogen-bond acceptors (Lipinski definition) is 5. The molecule has 1 fully saturated rings. The molecule has 3 N–H and O–H groups in total. The van der Waals surface area contributed by atoms with Crippen LogP contribution >= 0.6 is 0 Å². The summed E-state index contributed by atoms with van der Waals surface area (Å²) in [7, 11) is 5.45. The van der Waals surface area contributed by atoms with E-state index >= 15 is 0 Å². The van der Waals surface area contributed by atoms with Crippen molar-refractivity contribution < 1.29 is 23.5 Å². The maximum absolute atomic E-state index is 14.0. The monoisotopic (exact) mass is 600 g/mol. The Kier molecular flexibility index (Phi) is 9.15. The van der Waals surface area contributed by atoms with Crippen LogP contribution in [0.5, 0.6) is 5.75 Å². The number of H-pyrrole nitrogens is 1. The Bertz CT molecular complexity index is 1650. The van der Waals surface area contributed by atoms with E-state index in [1.54, 1.807) is 6.07 Å². The summed E-state index contributed by atoms with van der Waals surface area (Å²) >= 11 is 0. The van der Waals surface area contributed by atoms with Crippen LogP contribution in [0.3, 0.4) is 0 Å². The molecule has 10 nitrogen and oxygen atoms in total. The molecule has 0 spiro atoms. The van der Waals surface area contributed by atoms with Gasteiger partial charge in [-0.3, -0.25) is 9.59 Å². The summed E-state index contributed by atoms with van der Waals surface area (Å²) in [5.41, 5.74) is 3.82. The maximum atomic E-state index is 14.0. The first kappa shape index (κ1) is 30.6. The second-order valence-electron chi connectivity index (χ2n) is 11.2. The Labute approximate surface area is 255 Å². The zero-order chi connectivity index (χ0) is 31.4. The van der Waals surface area contributed by atoms with Crippen LogP contribution in [0.25, 0.3) is 10.9 Å². The molecule has 0 aliphatic carbocycles. The number of amides is 4. The number of carbonyl (C=O) groups is 3. The molecule has 2 atom stereocenters. The third kappa shape index (κ3) is 6.68. The van der Waals surface area contributed by atoms with Crippen LogP contribution in [-0.2, 0) is 16.1 Å². The molecule has 230 valence electrons. The first-order valence-corrected chi connectivity index (χ1v) is 14.4. The van der Waals surface area contributed by atoms with E-state index < -0.39 is 29.7 Å².